The summed E-state index contributed by atoms with van der Waals surface area (Å²) in [6, 6.07) is 5.48. The highest BCUT2D eigenvalue weighted by Crippen LogP contribution is 2.28. The van der Waals surface area contributed by atoms with Crippen molar-refractivity contribution in [1.29, 1.82) is 0 Å². The number of hydrogen-bond acceptors (Lipinski definition) is 5. The first-order valence-electron chi connectivity index (χ1n) is 7.47. The number of carbonyl (C=O) groups is 2. The molecule has 0 radical (unpaired) electrons. The van der Waals surface area contributed by atoms with E-state index in [-0.39, 0.29) is 18.1 Å². The van der Waals surface area contributed by atoms with Gasteiger partial charge in [-0.25, -0.2) is 4.79 Å². The van der Waals surface area contributed by atoms with Crippen LogP contribution in [-0.4, -0.2) is 37.6 Å². The van der Waals surface area contributed by atoms with Gasteiger partial charge in [-0.3, -0.25) is 4.79 Å². The maximum Gasteiger partial charge on any atom is 0.354 e. The van der Waals surface area contributed by atoms with Crippen LogP contribution in [-0.2, 0) is 4.74 Å². The SMILES string of the molecule is COC(=O)c1[nH]c(C)c(C(=O)COc2ccc(C)cc2OC)c1C. The van der Waals surface area contributed by atoms with E-state index < -0.39 is 5.97 Å². The Labute approximate surface area is 140 Å². The largest absolute Gasteiger partial charge is 0.493 e. The summed E-state index contributed by atoms with van der Waals surface area (Å²) >= 11 is 0. The first-order chi connectivity index (χ1) is 11.4. The van der Waals surface area contributed by atoms with E-state index in [4.69, 9.17) is 14.2 Å². The molecule has 1 N–H and O–H groups in total. The maximum absolute atomic E-state index is 12.5. The van der Waals surface area contributed by atoms with Crippen molar-refractivity contribution in [2.45, 2.75) is 20.8 Å². The van der Waals surface area contributed by atoms with Gasteiger partial charge in [0.15, 0.2) is 18.1 Å². The number of ketones is 1. The van der Waals surface area contributed by atoms with Crippen molar-refractivity contribution < 1.29 is 23.8 Å². The number of aromatic amines is 1. The van der Waals surface area contributed by atoms with Crippen LogP contribution in [0.2, 0.25) is 0 Å². The Hall–Kier alpha value is -2.76. The minimum absolute atomic E-state index is 0.153. The lowest BCUT2D eigenvalue weighted by atomic mass is 10.1. The fourth-order valence-electron chi connectivity index (χ4n) is 2.58. The van der Waals surface area contributed by atoms with Crippen LogP contribution in [0.4, 0.5) is 0 Å². The second kappa shape index (κ2) is 7.21. The summed E-state index contributed by atoms with van der Waals surface area (Å²) in [6.07, 6.45) is 0. The molecule has 0 saturated heterocycles. The first kappa shape index (κ1) is 17.6. The highest BCUT2D eigenvalue weighted by atomic mass is 16.5. The third-order valence-electron chi connectivity index (χ3n) is 3.78. The van der Waals surface area contributed by atoms with E-state index >= 15 is 0 Å². The van der Waals surface area contributed by atoms with Crippen molar-refractivity contribution in [3.05, 3.63) is 46.3 Å². The quantitative estimate of drug-likeness (QED) is 0.650. The van der Waals surface area contributed by atoms with Crippen molar-refractivity contribution in [2.24, 2.45) is 0 Å². The van der Waals surface area contributed by atoms with Crippen molar-refractivity contribution in [1.82, 2.24) is 4.98 Å². The standard InChI is InChI=1S/C18H21NO5/c1-10-6-7-14(15(8-10)22-4)24-9-13(20)16-11(2)17(18(21)23-5)19-12(16)3/h6-8,19H,9H2,1-5H3. The number of H-pyrrole nitrogens is 1. The summed E-state index contributed by atoms with van der Waals surface area (Å²) in [5.74, 6) is 0.339. The monoisotopic (exact) mass is 331 g/mol. The molecule has 0 atom stereocenters. The van der Waals surface area contributed by atoms with Gasteiger partial charge in [0.2, 0.25) is 5.78 Å². The lowest BCUT2D eigenvalue weighted by Gasteiger charge is -2.11. The fourth-order valence-corrected chi connectivity index (χ4v) is 2.58. The molecule has 24 heavy (non-hydrogen) atoms. The summed E-state index contributed by atoms with van der Waals surface area (Å²) < 4.78 is 15.6. The molecule has 6 nitrogen and oxygen atoms in total. The van der Waals surface area contributed by atoms with Crippen LogP contribution in [0.15, 0.2) is 18.2 Å². The van der Waals surface area contributed by atoms with Gasteiger partial charge in [0.1, 0.15) is 5.69 Å². The molecule has 2 rings (SSSR count). The summed E-state index contributed by atoms with van der Waals surface area (Å²) in [5, 5.41) is 0. The predicted octanol–water partition coefficient (Wildman–Crippen LogP) is 3.00. The lowest BCUT2D eigenvalue weighted by Crippen LogP contribution is -2.14. The summed E-state index contributed by atoms with van der Waals surface area (Å²) in [7, 11) is 2.85. The van der Waals surface area contributed by atoms with Gasteiger partial charge >= 0.3 is 5.97 Å². The lowest BCUT2D eigenvalue weighted by molar-refractivity contribution is 0.0594. The van der Waals surface area contributed by atoms with Crippen LogP contribution in [0.3, 0.4) is 0 Å². The summed E-state index contributed by atoms with van der Waals surface area (Å²) in [6.45, 7) is 5.23. The van der Waals surface area contributed by atoms with Crippen molar-refractivity contribution in [3.8, 4) is 11.5 Å². The Morgan fingerprint density at radius 2 is 1.79 bits per heavy atom. The number of benzene rings is 1. The van der Waals surface area contributed by atoms with Gasteiger partial charge in [0, 0.05) is 11.3 Å². The number of aromatic nitrogens is 1. The van der Waals surface area contributed by atoms with Crippen LogP contribution in [0, 0.1) is 20.8 Å². The van der Waals surface area contributed by atoms with Gasteiger partial charge in [-0.05, 0) is 44.0 Å². The minimum Gasteiger partial charge on any atom is -0.493 e. The molecule has 0 aliphatic rings. The van der Waals surface area contributed by atoms with Crippen LogP contribution in [0.1, 0.15) is 37.7 Å². The molecule has 128 valence electrons. The molecule has 1 aromatic carbocycles. The molecular weight excluding hydrogens is 310 g/mol. The normalized spacial score (nSPS) is 10.4. The van der Waals surface area contributed by atoms with E-state index in [0.29, 0.717) is 28.3 Å². The van der Waals surface area contributed by atoms with Gasteiger partial charge in [-0.2, -0.15) is 0 Å². The van der Waals surface area contributed by atoms with Crippen molar-refractivity contribution in [3.63, 3.8) is 0 Å². The zero-order valence-corrected chi connectivity index (χ0v) is 14.5. The molecule has 1 heterocycles. The molecule has 0 bridgehead atoms. The van der Waals surface area contributed by atoms with Gasteiger partial charge in [0.25, 0.3) is 0 Å². The number of methoxy groups -OCH3 is 2. The van der Waals surface area contributed by atoms with Gasteiger partial charge in [-0.15, -0.1) is 0 Å². The molecule has 0 saturated carbocycles. The molecule has 6 heteroatoms. The number of aryl methyl sites for hydroxylation is 2. The van der Waals surface area contributed by atoms with E-state index in [2.05, 4.69) is 4.98 Å². The Balaban J connectivity index is 2.19. The number of carbonyl (C=O) groups excluding carboxylic acids is 2. The summed E-state index contributed by atoms with van der Waals surface area (Å²) in [5.41, 5.74) is 2.93. The number of ether oxygens (including phenoxy) is 3. The minimum atomic E-state index is -0.504. The molecular formula is C18H21NO5. The highest BCUT2D eigenvalue weighted by molar-refractivity contribution is 6.03. The smallest absolute Gasteiger partial charge is 0.354 e. The predicted molar refractivity (Wildman–Crippen MR) is 89.2 cm³/mol. The highest BCUT2D eigenvalue weighted by Gasteiger charge is 2.22. The maximum atomic E-state index is 12.5. The van der Waals surface area contributed by atoms with Gasteiger partial charge in [-0.1, -0.05) is 6.07 Å². The molecule has 2 aromatic rings. The van der Waals surface area contributed by atoms with E-state index in [1.807, 2.05) is 19.1 Å². The Morgan fingerprint density at radius 1 is 1.08 bits per heavy atom. The van der Waals surface area contributed by atoms with E-state index in [1.54, 1.807) is 27.0 Å². The number of rotatable bonds is 6. The molecule has 0 unspecified atom stereocenters. The van der Waals surface area contributed by atoms with Crippen LogP contribution in [0.25, 0.3) is 0 Å². The second-order valence-electron chi connectivity index (χ2n) is 5.48. The van der Waals surface area contributed by atoms with Gasteiger partial charge in [0.05, 0.1) is 14.2 Å². The molecule has 0 aliphatic heterocycles. The van der Waals surface area contributed by atoms with Crippen LogP contribution < -0.4 is 9.47 Å². The summed E-state index contributed by atoms with van der Waals surface area (Å²) in [4.78, 5) is 27.1. The van der Waals surface area contributed by atoms with Crippen LogP contribution in [0.5, 0.6) is 11.5 Å². The Kier molecular flexibility index (Phi) is 5.28. The number of hydrogen-bond donors (Lipinski definition) is 1. The average Bonchev–Trinajstić information content (AvgIpc) is 2.87. The van der Waals surface area contributed by atoms with Gasteiger partial charge < -0.3 is 19.2 Å². The number of esters is 1. The average molecular weight is 331 g/mol. The molecule has 0 spiro atoms. The van der Waals surface area contributed by atoms with E-state index in [1.165, 1.54) is 7.11 Å². The third-order valence-corrected chi connectivity index (χ3v) is 3.78. The topological polar surface area (TPSA) is 77.6 Å². The molecule has 0 aliphatic carbocycles. The molecule has 0 fully saturated rings. The fraction of sp³-hybridized carbons (Fsp3) is 0.333. The zero-order chi connectivity index (χ0) is 17.9. The van der Waals surface area contributed by atoms with Crippen molar-refractivity contribution in [2.75, 3.05) is 20.8 Å². The Morgan fingerprint density at radius 3 is 2.42 bits per heavy atom. The third kappa shape index (κ3) is 3.42. The zero-order valence-electron chi connectivity index (χ0n) is 14.5. The number of Topliss-reactive ketones (excluding diaryl/α,β-unsaturated/α-hetero) is 1. The van der Waals surface area contributed by atoms with Crippen molar-refractivity contribution >= 4 is 11.8 Å². The second-order valence-corrected chi connectivity index (χ2v) is 5.48. The van der Waals surface area contributed by atoms with E-state index in [0.717, 1.165) is 5.56 Å². The molecule has 1 aromatic heterocycles. The molecule has 0 amide bonds. The first-order valence-corrected chi connectivity index (χ1v) is 7.47. The van der Waals surface area contributed by atoms with E-state index in [9.17, 15) is 9.59 Å². The van der Waals surface area contributed by atoms with Crippen LogP contribution >= 0.6 is 0 Å². The number of nitrogens with one attached hydrogen (secondary N) is 1. The Bertz CT molecular complexity index is 776.